The normalized spacial score (nSPS) is 15.9. The first-order valence-corrected chi connectivity index (χ1v) is 7.33. The van der Waals surface area contributed by atoms with Crippen molar-refractivity contribution in [2.45, 2.75) is 32.1 Å². The Labute approximate surface area is 94.7 Å². The molecule has 2 atom stereocenters. The van der Waals surface area contributed by atoms with Crippen LogP contribution in [0.4, 0.5) is 0 Å². The van der Waals surface area contributed by atoms with Gasteiger partial charge >= 0.3 is 5.97 Å². The van der Waals surface area contributed by atoms with Crippen LogP contribution in [0.2, 0.25) is 0 Å². The Kier molecular flexibility index (Phi) is 6.23. The van der Waals surface area contributed by atoms with Gasteiger partial charge in [0.05, 0.1) is 0 Å². The van der Waals surface area contributed by atoms with Gasteiger partial charge in [0.15, 0.2) is 5.25 Å². The van der Waals surface area contributed by atoms with Crippen LogP contribution >= 0.6 is 11.8 Å². The zero-order valence-electron chi connectivity index (χ0n) is 9.06. The summed E-state index contributed by atoms with van der Waals surface area (Å²) in [6, 6.07) is -0.248. The van der Waals surface area contributed by atoms with Crippen LogP contribution in [0.15, 0.2) is 0 Å². The second-order valence-corrected chi connectivity index (χ2v) is 6.56. The first kappa shape index (κ1) is 14.7. The van der Waals surface area contributed by atoms with E-state index in [1.165, 1.54) is 0 Å². The minimum atomic E-state index is -3.75. The zero-order chi connectivity index (χ0) is 12.1. The minimum absolute atomic E-state index is 0.248. The fourth-order valence-corrected chi connectivity index (χ4v) is 2.74. The van der Waals surface area contributed by atoms with Crippen LogP contribution in [0.1, 0.15) is 20.8 Å². The van der Waals surface area contributed by atoms with Crippen LogP contribution in [0.3, 0.4) is 0 Å². The van der Waals surface area contributed by atoms with Gasteiger partial charge in [-0.05, 0) is 19.6 Å². The number of hydrogen-bond donors (Lipinski definition) is 2. The summed E-state index contributed by atoms with van der Waals surface area (Å²) >= 11 is 1.60. The van der Waals surface area contributed by atoms with Gasteiger partial charge in [-0.25, -0.2) is 13.1 Å². The van der Waals surface area contributed by atoms with Crippen LogP contribution < -0.4 is 4.72 Å². The summed E-state index contributed by atoms with van der Waals surface area (Å²) in [6.45, 7) is 4.85. The van der Waals surface area contributed by atoms with E-state index in [0.29, 0.717) is 5.75 Å². The van der Waals surface area contributed by atoms with Crippen molar-refractivity contribution in [1.29, 1.82) is 0 Å². The summed E-state index contributed by atoms with van der Waals surface area (Å²) < 4.78 is 25.2. The molecule has 0 aromatic rings. The first-order valence-electron chi connectivity index (χ1n) is 4.63. The number of carbonyl (C=O) groups is 1. The Balaban J connectivity index is 4.32. The van der Waals surface area contributed by atoms with Crippen molar-refractivity contribution in [3.05, 3.63) is 0 Å². The molecule has 0 aliphatic carbocycles. The average molecular weight is 255 g/mol. The molecule has 5 nitrogen and oxygen atoms in total. The Bertz CT molecular complexity index is 302. The molecule has 0 heterocycles. The summed E-state index contributed by atoms with van der Waals surface area (Å²) in [5.41, 5.74) is 0. The van der Waals surface area contributed by atoms with Crippen molar-refractivity contribution in [2.75, 3.05) is 11.5 Å². The van der Waals surface area contributed by atoms with Crippen molar-refractivity contribution in [2.24, 2.45) is 0 Å². The molecule has 0 saturated heterocycles. The molecule has 0 aromatic carbocycles. The van der Waals surface area contributed by atoms with Crippen molar-refractivity contribution < 1.29 is 18.3 Å². The van der Waals surface area contributed by atoms with Gasteiger partial charge in [0, 0.05) is 11.8 Å². The van der Waals surface area contributed by atoms with Crippen molar-refractivity contribution in [3.8, 4) is 0 Å². The number of aliphatic carboxylic acids is 1. The Morgan fingerprint density at radius 1 is 1.47 bits per heavy atom. The van der Waals surface area contributed by atoms with Gasteiger partial charge in [0.2, 0.25) is 10.0 Å². The van der Waals surface area contributed by atoms with Gasteiger partial charge in [-0.3, -0.25) is 4.79 Å². The van der Waals surface area contributed by atoms with Crippen LogP contribution in [-0.4, -0.2) is 42.3 Å². The highest BCUT2D eigenvalue weighted by Gasteiger charge is 2.28. The maximum absolute atomic E-state index is 11.4. The third-order valence-corrected chi connectivity index (χ3v) is 4.76. The number of thioether (sulfide) groups is 1. The van der Waals surface area contributed by atoms with Gasteiger partial charge in [0.25, 0.3) is 0 Å². The van der Waals surface area contributed by atoms with Crippen LogP contribution in [-0.2, 0) is 14.8 Å². The third-order valence-electron chi connectivity index (χ3n) is 1.75. The molecule has 0 bridgehead atoms. The SMILES string of the molecule is CCSCC(C)NS(=O)(=O)C(C)C(=O)O. The highest BCUT2D eigenvalue weighted by molar-refractivity contribution is 7.99. The van der Waals surface area contributed by atoms with Gasteiger partial charge in [-0.2, -0.15) is 11.8 Å². The Morgan fingerprint density at radius 3 is 2.40 bits per heavy atom. The van der Waals surface area contributed by atoms with E-state index in [2.05, 4.69) is 4.72 Å². The molecule has 90 valence electrons. The lowest BCUT2D eigenvalue weighted by Gasteiger charge is -2.15. The topological polar surface area (TPSA) is 83.5 Å². The number of carboxylic acid groups (broad SMARTS) is 1. The Morgan fingerprint density at radius 2 is 2.00 bits per heavy atom. The number of nitrogens with one attached hydrogen (secondary N) is 1. The second kappa shape index (κ2) is 6.34. The lowest BCUT2D eigenvalue weighted by atomic mass is 10.4. The highest BCUT2D eigenvalue weighted by atomic mass is 32.2. The number of carboxylic acids is 1. The molecule has 15 heavy (non-hydrogen) atoms. The van der Waals surface area contributed by atoms with Gasteiger partial charge in [-0.15, -0.1) is 0 Å². The highest BCUT2D eigenvalue weighted by Crippen LogP contribution is 2.05. The van der Waals surface area contributed by atoms with E-state index >= 15 is 0 Å². The number of rotatable bonds is 7. The zero-order valence-corrected chi connectivity index (χ0v) is 10.7. The fraction of sp³-hybridized carbons (Fsp3) is 0.875. The molecule has 0 saturated carbocycles. The van der Waals surface area contributed by atoms with Crippen LogP contribution in [0, 0.1) is 0 Å². The third kappa shape index (κ3) is 5.39. The average Bonchev–Trinajstić information content (AvgIpc) is 2.12. The summed E-state index contributed by atoms with van der Waals surface area (Å²) in [5, 5.41) is 7.17. The van der Waals surface area contributed by atoms with E-state index in [4.69, 9.17) is 5.11 Å². The molecule has 2 N–H and O–H groups in total. The quantitative estimate of drug-likeness (QED) is 0.693. The van der Waals surface area contributed by atoms with Crippen LogP contribution in [0.5, 0.6) is 0 Å². The smallest absolute Gasteiger partial charge is 0.323 e. The van der Waals surface area contributed by atoms with E-state index in [-0.39, 0.29) is 6.04 Å². The lowest BCUT2D eigenvalue weighted by Crippen LogP contribution is -2.42. The van der Waals surface area contributed by atoms with Crippen molar-refractivity contribution in [1.82, 2.24) is 4.72 Å². The summed E-state index contributed by atoms with van der Waals surface area (Å²) in [5.74, 6) is 0.209. The van der Waals surface area contributed by atoms with E-state index in [1.807, 2.05) is 6.92 Å². The second-order valence-electron chi connectivity index (χ2n) is 3.20. The minimum Gasteiger partial charge on any atom is -0.480 e. The van der Waals surface area contributed by atoms with Crippen molar-refractivity contribution in [3.63, 3.8) is 0 Å². The molecule has 0 radical (unpaired) electrons. The van der Waals surface area contributed by atoms with Gasteiger partial charge in [0.1, 0.15) is 0 Å². The predicted molar refractivity (Wildman–Crippen MR) is 61.6 cm³/mol. The molecule has 2 unspecified atom stereocenters. The molecule has 7 heteroatoms. The van der Waals surface area contributed by atoms with E-state index in [9.17, 15) is 13.2 Å². The number of hydrogen-bond acceptors (Lipinski definition) is 4. The molecule has 0 amide bonds. The molecule has 0 aliphatic rings. The molecule has 0 fully saturated rings. The Hall–Kier alpha value is -0.270. The molecular weight excluding hydrogens is 238 g/mol. The van der Waals surface area contributed by atoms with E-state index < -0.39 is 21.2 Å². The van der Waals surface area contributed by atoms with E-state index in [0.717, 1.165) is 12.7 Å². The molecular formula is C8H17NO4S2. The van der Waals surface area contributed by atoms with Gasteiger partial charge in [-0.1, -0.05) is 6.92 Å². The molecule has 0 rings (SSSR count). The molecule has 0 aliphatic heterocycles. The largest absolute Gasteiger partial charge is 0.480 e. The molecule has 0 spiro atoms. The fourth-order valence-electron chi connectivity index (χ4n) is 0.844. The first-order chi connectivity index (χ1) is 6.81. The monoisotopic (exact) mass is 255 g/mol. The number of sulfonamides is 1. The summed E-state index contributed by atoms with van der Waals surface area (Å²) in [6.07, 6.45) is 0. The maximum Gasteiger partial charge on any atom is 0.323 e. The van der Waals surface area contributed by atoms with Gasteiger partial charge < -0.3 is 5.11 Å². The summed E-state index contributed by atoms with van der Waals surface area (Å²) in [4.78, 5) is 10.5. The predicted octanol–water partition coefficient (Wildman–Crippen LogP) is 0.520. The van der Waals surface area contributed by atoms with Crippen LogP contribution in [0.25, 0.3) is 0 Å². The standard InChI is InChI=1S/C8H17NO4S2/c1-4-14-5-6(2)9-15(12,13)7(3)8(10)11/h6-7,9H,4-5H2,1-3H3,(H,10,11). The maximum atomic E-state index is 11.4. The lowest BCUT2D eigenvalue weighted by molar-refractivity contribution is -0.136. The molecule has 0 aromatic heterocycles. The van der Waals surface area contributed by atoms with Crippen molar-refractivity contribution >= 4 is 27.8 Å². The van der Waals surface area contributed by atoms with E-state index in [1.54, 1.807) is 18.7 Å². The summed E-state index contributed by atoms with van der Waals surface area (Å²) in [7, 11) is -3.75.